The number of nitrogens with one attached hydrogen (secondary N) is 1. The molecular weight excluding hydrogens is 401 g/mol. The van der Waals surface area contributed by atoms with Gasteiger partial charge < -0.3 is 11.1 Å². The van der Waals surface area contributed by atoms with Crippen molar-refractivity contribution in [2.24, 2.45) is 5.73 Å². The van der Waals surface area contributed by atoms with Crippen molar-refractivity contribution in [1.29, 1.82) is 0 Å². The number of hydrogen-bond acceptors (Lipinski definition) is 4. The molecule has 7 nitrogen and oxygen atoms in total. The van der Waals surface area contributed by atoms with E-state index in [4.69, 9.17) is 28.9 Å². The molecule has 0 fully saturated rings. The van der Waals surface area contributed by atoms with Gasteiger partial charge in [0, 0.05) is 12.6 Å². The highest BCUT2D eigenvalue weighted by Gasteiger charge is 2.29. The largest absolute Gasteiger partial charge is 0.368 e. The van der Waals surface area contributed by atoms with Gasteiger partial charge in [-0.1, -0.05) is 29.3 Å². The maximum atomic E-state index is 13.0. The van der Waals surface area contributed by atoms with Crippen LogP contribution < -0.4 is 15.4 Å². The van der Waals surface area contributed by atoms with Crippen LogP contribution in [0.25, 0.3) is 0 Å². The zero-order chi connectivity index (χ0) is 19.5. The van der Waals surface area contributed by atoms with Gasteiger partial charge >= 0.3 is 0 Å². The van der Waals surface area contributed by atoms with E-state index in [1.807, 2.05) is 0 Å². The number of sulfonamides is 1. The minimum absolute atomic E-state index is 0.0411. The Morgan fingerprint density at radius 3 is 2.08 bits per heavy atom. The van der Waals surface area contributed by atoms with Crippen molar-refractivity contribution in [2.75, 3.05) is 16.2 Å². The summed E-state index contributed by atoms with van der Waals surface area (Å²) in [5.74, 6) is -1.17. The second kappa shape index (κ2) is 7.94. The SMILES string of the molecule is CC(=O)Nc1ccc(S(=O)(=O)N(CC(N)=O)c2c(Cl)cccc2Cl)cc1. The van der Waals surface area contributed by atoms with Gasteiger partial charge in [0.05, 0.1) is 20.6 Å². The Kier molecular flexibility index (Phi) is 6.12. The van der Waals surface area contributed by atoms with Crippen LogP contribution in [0.4, 0.5) is 11.4 Å². The molecule has 0 aromatic heterocycles. The number of halogens is 2. The standard InChI is InChI=1S/C16H15Cl2N3O4S/c1-10(22)20-11-5-7-12(8-6-11)26(24,25)21(9-15(19)23)16-13(17)3-2-4-14(16)18/h2-8H,9H2,1H3,(H2,19,23)(H,20,22). The Morgan fingerprint density at radius 2 is 1.62 bits per heavy atom. The number of amides is 2. The molecule has 3 N–H and O–H groups in total. The van der Waals surface area contributed by atoms with E-state index in [0.29, 0.717) is 5.69 Å². The van der Waals surface area contributed by atoms with E-state index in [9.17, 15) is 18.0 Å². The second-order valence-electron chi connectivity index (χ2n) is 5.25. The van der Waals surface area contributed by atoms with E-state index >= 15 is 0 Å². The normalized spacial score (nSPS) is 11.0. The van der Waals surface area contributed by atoms with Crippen molar-refractivity contribution >= 4 is 56.4 Å². The summed E-state index contributed by atoms with van der Waals surface area (Å²) in [5.41, 5.74) is 5.59. The molecule has 2 amide bonds. The van der Waals surface area contributed by atoms with E-state index in [0.717, 1.165) is 4.31 Å². The van der Waals surface area contributed by atoms with Crippen LogP contribution in [0.5, 0.6) is 0 Å². The Bertz CT molecular complexity index is 926. The number of carbonyl (C=O) groups excluding carboxylic acids is 2. The van der Waals surface area contributed by atoms with Gasteiger partial charge in [-0.15, -0.1) is 0 Å². The van der Waals surface area contributed by atoms with Crippen molar-refractivity contribution in [3.05, 3.63) is 52.5 Å². The number of anilines is 2. The van der Waals surface area contributed by atoms with Gasteiger partial charge in [0.25, 0.3) is 10.0 Å². The average Bonchev–Trinajstić information content (AvgIpc) is 2.53. The summed E-state index contributed by atoms with van der Waals surface area (Å²) in [6.07, 6.45) is 0. The van der Waals surface area contributed by atoms with Gasteiger partial charge in [0.15, 0.2) is 0 Å². The maximum absolute atomic E-state index is 13.0. The fourth-order valence-corrected chi connectivity index (χ4v) is 4.36. The van der Waals surface area contributed by atoms with Crippen LogP contribution in [-0.4, -0.2) is 26.8 Å². The molecule has 0 atom stereocenters. The predicted octanol–water partition coefficient (Wildman–Crippen LogP) is 2.63. The summed E-state index contributed by atoms with van der Waals surface area (Å²) >= 11 is 12.2. The average molecular weight is 416 g/mol. The van der Waals surface area contributed by atoms with Gasteiger partial charge in [-0.3, -0.25) is 13.9 Å². The molecule has 0 unspecified atom stereocenters. The summed E-state index contributed by atoms with van der Waals surface area (Å²) in [7, 11) is -4.19. The number of hydrogen-bond donors (Lipinski definition) is 2. The first kappa shape index (κ1) is 20.0. The fourth-order valence-electron chi connectivity index (χ4n) is 2.19. The molecule has 10 heteroatoms. The van der Waals surface area contributed by atoms with Crippen molar-refractivity contribution in [2.45, 2.75) is 11.8 Å². The van der Waals surface area contributed by atoms with Crippen LogP contribution >= 0.6 is 23.2 Å². The van der Waals surface area contributed by atoms with Gasteiger partial charge in [0.2, 0.25) is 11.8 Å². The van der Waals surface area contributed by atoms with Gasteiger partial charge in [0.1, 0.15) is 6.54 Å². The molecular formula is C16H15Cl2N3O4S. The first-order valence-electron chi connectivity index (χ1n) is 7.25. The Morgan fingerprint density at radius 1 is 1.08 bits per heavy atom. The van der Waals surface area contributed by atoms with E-state index < -0.39 is 22.5 Å². The van der Waals surface area contributed by atoms with Crippen LogP contribution in [0.15, 0.2) is 47.4 Å². The lowest BCUT2D eigenvalue weighted by Gasteiger charge is -2.25. The third kappa shape index (κ3) is 4.46. The molecule has 2 rings (SSSR count). The topological polar surface area (TPSA) is 110 Å². The minimum atomic E-state index is -4.19. The molecule has 0 saturated heterocycles. The molecule has 2 aromatic carbocycles. The fraction of sp³-hybridized carbons (Fsp3) is 0.125. The highest BCUT2D eigenvalue weighted by atomic mass is 35.5. The molecule has 0 spiro atoms. The lowest BCUT2D eigenvalue weighted by Crippen LogP contribution is -2.39. The molecule has 0 saturated carbocycles. The third-order valence-corrected chi connectivity index (χ3v) is 5.62. The molecule has 0 radical (unpaired) electrons. The minimum Gasteiger partial charge on any atom is -0.368 e. The number of nitrogens with two attached hydrogens (primary N) is 1. The number of carbonyl (C=O) groups is 2. The number of rotatable bonds is 6. The van der Waals surface area contributed by atoms with Crippen LogP contribution in [-0.2, 0) is 19.6 Å². The van der Waals surface area contributed by atoms with Crippen molar-refractivity contribution in [1.82, 2.24) is 0 Å². The van der Waals surface area contributed by atoms with E-state index in [1.165, 1.54) is 43.3 Å². The first-order chi connectivity index (χ1) is 12.1. The summed E-state index contributed by atoms with van der Waals surface area (Å²) < 4.78 is 26.8. The lowest BCUT2D eigenvalue weighted by atomic mass is 10.3. The summed E-state index contributed by atoms with van der Waals surface area (Å²) in [4.78, 5) is 22.4. The summed E-state index contributed by atoms with van der Waals surface area (Å²) in [6.45, 7) is 0.692. The number of benzene rings is 2. The Balaban J connectivity index is 2.53. The monoisotopic (exact) mass is 415 g/mol. The molecule has 0 aliphatic rings. The zero-order valence-corrected chi connectivity index (χ0v) is 15.9. The molecule has 0 heterocycles. The van der Waals surface area contributed by atoms with Gasteiger partial charge in [-0.2, -0.15) is 0 Å². The summed E-state index contributed by atoms with van der Waals surface area (Å²) in [6, 6.07) is 9.87. The third-order valence-electron chi connectivity index (χ3n) is 3.25. The highest BCUT2D eigenvalue weighted by Crippen LogP contribution is 2.36. The second-order valence-corrected chi connectivity index (χ2v) is 7.93. The quantitative estimate of drug-likeness (QED) is 0.755. The van der Waals surface area contributed by atoms with Gasteiger partial charge in [-0.25, -0.2) is 8.42 Å². The van der Waals surface area contributed by atoms with Crippen molar-refractivity contribution in [3.63, 3.8) is 0 Å². The summed E-state index contributed by atoms with van der Waals surface area (Å²) in [5, 5.41) is 2.64. The molecule has 138 valence electrons. The van der Waals surface area contributed by atoms with Crippen molar-refractivity contribution in [3.8, 4) is 0 Å². The van der Waals surface area contributed by atoms with Crippen LogP contribution in [0.3, 0.4) is 0 Å². The number of nitrogens with zero attached hydrogens (tertiary/aromatic N) is 1. The zero-order valence-electron chi connectivity index (χ0n) is 13.6. The molecule has 0 bridgehead atoms. The number of para-hydroxylation sites is 1. The van der Waals surface area contributed by atoms with E-state index in [1.54, 1.807) is 6.07 Å². The molecule has 26 heavy (non-hydrogen) atoms. The van der Waals surface area contributed by atoms with Crippen LogP contribution in [0, 0.1) is 0 Å². The van der Waals surface area contributed by atoms with E-state index in [2.05, 4.69) is 5.32 Å². The molecule has 0 aliphatic carbocycles. The molecule has 2 aromatic rings. The lowest BCUT2D eigenvalue weighted by molar-refractivity contribution is -0.116. The Labute approximate surface area is 160 Å². The first-order valence-corrected chi connectivity index (χ1v) is 9.45. The van der Waals surface area contributed by atoms with Crippen LogP contribution in [0.1, 0.15) is 6.92 Å². The van der Waals surface area contributed by atoms with E-state index in [-0.39, 0.29) is 26.5 Å². The van der Waals surface area contributed by atoms with Crippen molar-refractivity contribution < 1.29 is 18.0 Å². The smallest absolute Gasteiger partial charge is 0.264 e. The Hall–Kier alpha value is -2.29. The van der Waals surface area contributed by atoms with Crippen LogP contribution in [0.2, 0.25) is 10.0 Å². The predicted molar refractivity (Wildman–Crippen MR) is 101 cm³/mol. The number of primary amides is 1. The maximum Gasteiger partial charge on any atom is 0.264 e. The molecule has 0 aliphatic heterocycles. The highest BCUT2D eigenvalue weighted by molar-refractivity contribution is 7.92. The van der Waals surface area contributed by atoms with Gasteiger partial charge in [-0.05, 0) is 36.4 Å².